The summed E-state index contributed by atoms with van der Waals surface area (Å²) in [5, 5.41) is 0. The maximum Gasteiger partial charge on any atom is 0.325 e. The highest BCUT2D eigenvalue weighted by Gasteiger charge is 2.26. The molecule has 5 heteroatoms. The van der Waals surface area contributed by atoms with Gasteiger partial charge in [-0.05, 0) is 48.2 Å². The molecule has 124 valence electrons. The largest absolute Gasteiger partial charge is 0.465 e. The van der Waals surface area contributed by atoms with Gasteiger partial charge in [0.15, 0.2) is 0 Å². The summed E-state index contributed by atoms with van der Waals surface area (Å²) in [5.41, 5.74) is 10.2. The van der Waals surface area contributed by atoms with E-state index in [-0.39, 0.29) is 18.4 Å². The number of anilines is 1. The highest BCUT2D eigenvalue weighted by molar-refractivity contribution is 5.98. The molecule has 3 rings (SSSR count). The summed E-state index contributed by atoms with van der Waals surface area (Å²) in [6.07, 6.45) is 0.725. The Balaban J connectivity index is 1.81. The average molecular weight is 324 g/mol. The molecule has 2 aromatic rings. The van der Waals surface area contributed by atoms with E-state index in [4.69, 9.17) is 10.5 Å². The van der Waals surface area contributed by atoms with Crippen molar-refractivity contribution < 1.29 is 14.3 Å². The minimum atomic E-state index is -0.368. The Morgan fingerprint density at radius 3 is 2.58 bits per heavy atom. The van der Waals surface area contributed by atoms with Gasteiger partial charge in [0, 0.05) is 17.8 Å². The lowest BCUT2D eigenvalue weighted by molar-refractivity contribution is -0.143. The van der Waals surface area contributed by atoms with Crippen molar-refractivity contribution in [3.8, 4) is 11.1 Å². The second-order valence-electron chi connectivity index (χ2n) is 5.78. The molecule has 0 saturated carbocycles. The average Bonchev–Trinajstić information content (AvgIpc) is 2.58. The lowest BCUT2D eigenvalue weighted by atomic mass is 9.94. The summed E-state index contributed by atoms with van der Waals surface area (Å²) in [6.45, 7) is 2.61. The molecule has 1 aliphatic heterocycles. The molecule has 2 aromatic carbocycles. The first-order valence-corrected chi connectivity index (χ1v) is 8.02. The molecular formula is C19H20N2O3. The minimum Gasteiger partial charge on any atom is -0.465 e. The van der Waals surface area contributed by atoms with Gasteiger partial charge in [-0.15, -0.1) is 0 Å². The Labute approximate surface area is 141 Å². The first-order valence-electron chi connectivity index (χ1n) is 8.02. The molecule has 0 aromatic heterocycles. The quantitative estimate of drug-likeness (QED) is 0.693. The summed E-state index contributed by atoms with van der Waals surface area (Å²) >= 11 is 0. The van der Waals surface area contributed by atoms with Crippen molar-refractivity contribution in [1.82, 2.24) is 4.90 Å². The number of ether oxygens (including phenoxy) is 1. The number of nitrogens with two attached hydrogens (primary N) is 1. The lowest BCUT2D eigenvalue weighted by Crippen LogP contribution is -2.41. The van der Waals surface area contributed by atoms with E-state index in [0.717, 1.165) is 28.8 Å². The van der Waals surface area contributed by atoms with Crippen LogP contribution in [-0.4, -0.2) is 36.5 Å². The standard InChI is InChI=1S/C19H20N2O3/c1-2-24-18(22)12-21-10-9-15-11-14(5-8-17(15)19(21)23)13-3-6-16(20)7-4-13/h3-8,11H,2,9-10,12,20H2,1H3. The molecule has 0 atom stereocenters. The number of hydrogen-bond acceptors (Lipinski definition) is 4. The van der Waals surface area contributed by atoms with Gasteiger partial charge in [0.1, 0.15) is 6.54 Å². The Morgan fingerprint density at radius 1 is 1.17 bits per heavy atom. The summed E-state index contributed by atoms with van der Waals surface area (Å²) in [6, 6.07) is 13.5. The number of fused-ring (bicyclic) bond motifs is 1. The maximum atomic E-state index is 12.6. The summed E-state index contributed by atoms with van der Waals surface area (Å²) < 4.78 is 4.92. The minimum absolute atomic E-state index is 0.00578. The summed E-state index contributed by atoms with van der Waals surface area (Å²) in [7, 11) is 0. The molecule has 24 heavy (non-hydrogen) atoms. The number of rotatable bonds is 4. The van der Waals surface area contributed by atoms with E-state index in [0.29, 0.717) is 18.7 Å². The van der Waals surface area contributed by atoms with Crippen molar-refractivity contribution in [3.05, 3.63) is 53.6 Å². The van der Waals surface area contributed by atoms with Crippen molar-refractivity contribution in [2.75, 3.05) is 25.4 Å². The molecule has 2 N–H and O–H groups in total. The van der Waals surface area contributed by atoms with Crippen molar-refractivity contribution >= 4 is 17.6 Å². The fraction of sp³-hybridized carbons (Fsp3) is 0.263. The van der Waals surface area contributed by atoms with Crippen LogP contribution in [0.15, 0.2) is 42.5 Å². The molecule has 1 amide bonds. The zero-order valence-electron chi connectivity index (χ0n) is 13.6. The number of benzene rings is 2. The van der Waals surface area contributed by atoms with Gasteiger partial charge < -0.3 is 15.4 Å². The third-order valence-corrected chi connectivity index (χ3v) is 4.14. The number of carbonyl (C=O) groups is 2. The highest BCUT2D eigenvalue weighted by atomic mass is 16.5. The van der Waals surface area contributed by atoms with Gasteiger partial charge in [0.25, 0.3) is 5.91 Å². The number of esters is 1. The molecule has 1 aliphatic rings. The van der Waals surface area contributed by atoms with Gasteiger partial charge >= 0.3 is 5.97 Å². The third-order valence-electron chi connectivity index (χ3n) is 4.14. The van der Waals surface area contributed by atoms with Gasteiger partial charge in [-0.3, -0.25) is 9.59 Å². The summed E-state index contributed by atoms with van der Waals surface area (Å²) in [5.74, 6) is -0.485. The third kappa shape index (κ3) is 3.25. The molecule has 0 radical (unpaired) electrons. The van der Waals surface area contributed by atoms with Crippen molar-refractivity contribution in [2.24, 2.45) is 0 Å². The topological polar surface area (TPSA) is 72.6 Å². The second kappa shape index (κ2) is 6.74. The molecular weight excluding hydrogens is 304 g/mol. The predicted octanol–water partition coefficient (Wildman–Crippen LogP) is 2.50. The van der Waals surface area contributed by atoms with Crippen LogP contribution < -0.4 is 5.73 Å². The number of nitrogens with zero attached hydrogens (tertiary/aromatic N) is 1. The van der Waals surface area contributed by atoms with Crippen LogP contribution in [-0.2, 0) is 16.0 Å². The Kier molecular flexibility index (Phi) is 4.51. The number of carbonyl (C=O) groups excluding carboxylic acids is 2. The molecule has 0 spiro atoms. The second-order valence-corrected chi connectivity index (χ2v) is 5.78. The maximum absolute atomic E-state index is 12.6. The molecule has 0 fully saturated rings. The van der Waals surface area contributed by atoms with Crippen molar-refractivity contribution in [1.29, 1.82) is 0 Å². The molecule has 0 saturated heterocycles. The molecule has 5 nitrogen and oxygen atoms in total. The van der Waals surface area contributed by atoms with Gasteiger partial charge in [0.05, 0.1) is 6.61 Å². The number of nitrogen functional groups attached to an aromatic ring is 1. The zero-order chi connectivity index (χ0) is 17.1. The van der Waals surface area contributed by atoms with Crippen LogP contribution in [0.3, 0.4) is 0 Å². The Morgan fingerprint density at radius 2 is 1.88 bits per heavy atom. The zero-order valence-corrected chi connectivity index (χ0v) is 13.6. The molecule has 1 heterocycles. The fourth-order valence-corrected chi connectivity index (χ4v) is 2.90. The summed E-state index contributed by atoms with van der Waals surface area (Å²) in [4.78, 5) is 25.7. The van der Waals surface area contributed by atoms with Crippen molar-refractivity contribution in [2.45, 2.75) is 13.3 Å². The highest BCUT2D eigenvalue weighted by Crippen LogP contribution is 2.27. The number of hydrogen-bond donors (Lipinski definition) is 1. The van der Waals surface area contributed by atoms with Gasteiger partial charge in [-0.25, -0.2) is 0 Å². The monoisotopic (exact) mass is 324 g/mol. The predicted molar refractivity (Wildman–Crippen MR) is 92.5 cm³/mol. The van der Waals surface area contributed by atoms with E-state index in [9.17, 15) is 9.59 Å². The van der Waals surface area contributed by atoms with Gasteiger partial charge in [-0.2, -0.15) is 0 Å². The van der Waals surface area contributed by atoms with E-state index in [1.807, 2.05) is 42.5 Å². The first-order chi connectivity index (χ1) is 11.6. The van der Waals surface area contributed by atoms with Crippen LogP contribution in [0.25, 0.3) is 11.1 Å². The first kappa shape index (κ1) is 16.1. The van der Waals surface area contributed by atoms with Gasteiger partial charge in [-0.1, -0.05) is 24.3 Å². The molecule has 0 unspecified atom stereocenters. The Bertz CT molecular complexity index is 769. The van der Waals surface area contributed by atoms with E-state index >= 15 is 0 Å². The van der Waals surface area contributed by atoms with Crippen LogP contribution in [0.5, 0.6) is 0 Å². The van der Waals surface area contributed by atoms with Crippen LogP contribution in [0.4, 0.5) is 5.69 Å². The fourth-order valence-electron chi connectivity index (χ4n) is 2.90. The van der Waals surface area contributed by atoms with Gasteiger partial charge in [0.2, 0.25) is 0 Å². The van der Waals surface area contributed by atoms with E-state index < -0.39 is 0 Å². The normalized spacial score (nSPS) is 13.5. The smallest absolute Gasteiger partial charge is 0.325 e. The van der Waals surface area contributed by atoms with E-state index in [2.05, 4.69) is 0 Å². The van der Waals surface area contributed by atoms with E-state index in [1.54, 1.807) is 11.8 Å². The van der Waals surface area contributed by atoms with Crippen molar-refractivity contribution in [3.63, 3.8) is 0 Å². The SMILES string of the molecule is CCOC(=O)CN1CCc2cc(-c3ccc(N)cc3)ccc2C1=O. The molecule has 0 aliphatic carbocycles. The Hall–Kier alpha value is -2.82. The van der Waals surface area contributed by atoms with Crippen LogP contribution in [0.1, 0.15) is 22.8 Å². The van der Waals surface area contributed by atoms with E-state index in [1.165, 1.54) is 0 Å². The van der Waals surface area contributed by atoms with Crippen LogP contribution >= 0.6 is 0 Å². The van der Waals surface area contributed by atoms with Crippen LogP contribution in [0, 0.1) is 0 Å². The molecule has 0 bridgehead atoms. The van der Waals surface area contributed by atoms with Crippen LogP contribution in [0.2, 0.25) is 0 Å². The lowest BCUT2D eigenvalue weighted by Gasteiger charge is -2.28. The number of amides is 1.